The van der Waals surface area contributed by atoms with Crippen molar-refractivity contribution in [1.29, 1.82) is 0 Å². The number of rotatable bonds is 5. The van der Waals surface area contributed by atoms with Crippen LogP contribution in [0.25, 0.3) is 11.1 Å². The molecule has 7 nitrogen and oxygen atoms in total. The molecule has 1 saturated heterocycles. The number of nitrogens with one attached hydrogen (secondary N) is 1. The smallest absolute Gasteiger partial charge is 0.268 e. The van der Waals surface area contributed by atoms with E-state index in [1.54, 1.807) is 12.1 Å². The zero-order valence-corrected chi connectivity index (χ0v) is 15.6. The summed E-state index contributed by atoms with van der Waals surface area (Å²) in [6.45, 7) is 1.90. The highest BCUT2D eigenvalue weighted by Gasteiger charge is 2.47. The highest BCUT2D eigenvalue weighted by Crippen LogP contribution is 2.28. The largest absolute Gasteiger partial charge is 0.388 e. The van der Waals surface area contributed by atoms with Crippen molar-refractivity contribution in [2.75, 3.05) is 6.54 Å². The Morgan fingerprint density at radius 3 is 2.43 bits per heavy atom. The van der Waals surface area contributed by atoms with Crippen molar-refractivity contribution in [2.24, 2.45) is 0 Å². The normalized spacial score (nSPS) is 21.6. The Balaban J connectivity index is 1.95. The quantitative estimate of drug-likeness (QED) is 0.460. The summed E-state index contributed by atoms with van der Waals surface area (Å²) >= 11 is 0. The third-order valence-corrected chi connectivity index (χ3v) is 5.04. The monoisotopic (exact) mass is 384 g/mol. The molecule has 4 N–H and O–H groups in total. The summed E-state index contributed by atoms with van der Waals surface area (Å²) in [6, 6.07) is 13.5. The summed E-state index contributed by atoms with van der Waals surface area (Å²) < 4.78 is 0. The van der Waals surface area contributed by atoms with Gasteiger partial charge in [-0.2, -0.15) is 0 Å². The average Bonchev–Trinajstić information content (AvgIpc) is 3.02. The lowest BCUT2D eigenvalue weighted by Crippen LogP contribution is -2.49. The van der Waals surface area contributed by atoms with E-state index in [-0.39, 0.29) is 6.54 Å². The van der Waals surface area contributed by atoms with Crippen LogP contribution >= 0.6 is 0 Å². The van der Waals surface area contributed by atoms with Gasteiger partial charge in [0.1, 0.15) is 18.2 Å². The highest BCUT2D eigenvalue weighted by molar-refractivity contribution is 6.03. The second kappa shape index (κ2) is 8.52. The molecule has 0 radical (unpaired) electrons. The van der Waals surface area contributed by atoms with Crippen LogP contribution in [-0.4, -0.2) is 56.9 Å². The number of amides is 2. The van der Waals surface area contributed by atoms with Gasteiger partial charge in [0.15, 0.2) is 0 Å². The lowest BCUT2D eigenvalue weighted by molar-refractivity contribution is -0.136. The molecule has 1 aliphatic rings. The zero-order valence-electron chi connectivity index (χ0n) is 15.6. The maximum Gasteiger partial charge on any atom is 0.268 e. The van der Waals surface area contributed by atoms with Gasteiger partial charge in [-0.3, -0.25) is 14.8 Å². The molecule has 1 fully saturated rings. The van der Waals surface area contributed by atoms with E-state index in [9.17, 15) is 19.8 Å². The summed E-state index contributed by atoms with van der Waals surface area (Å²) in [6.07, 6.45) is -0.728. The van der Waals surface area contributed by atoms with Crippen molar-refractivity contribution < 1.29 is 25.0 Å². The maximum absolute atomic E-state index is 13.2. The fourth-order valence-electron chi connectivity index (χ4n) is 3.61. The highest BCUT2D eigenvalue weighted by atomic mass is 16.5. The molecule has 148 valence electrons. The van der Waals surface area contributed by atoms with Gasteiger partial charge in [-0.1, -0.05) is 55.8 Å². The molecule has 0 aliphatic carbocycles. The molecule has 3 atom stereocenters. The first kappa shape index (κ1) is 20.0. The van der Waals surface area contributed by atoms with Crippen molar-refractivity contribution in [3.05, 3.63) is 59.7 Å². The standard InChI is InChI=1S/C21H24N2O5/c1-2-5-13-8-10-14(11-9-13)15-6-3-4-7-16(15)21(27)23-12-17(24)19(25)18(23)20(26)22-28/h3-4,6-11,17-19,24-25,28H,2,5,12H2,1H3,(H,22,26)/t17-,18-,19-/m0/s1. The van der Waals surface area contributed by atoms with E-state index in [1.165, 1.54) is 11.0 Å². The number of nitrogens with zero attached hydrogens (tertiary/aromatic N) is 1. The Kier molecular flexibility index (Phi) is 6.08. The van der Waals surface area contributed by atoms with E-state index in [1.807, 2.05) is 36.4 Å². The second-order valence-corrected chi connectivity index (χ2v) is 6.93. The third-order valence-electron chi connectivity index (χ3n) is 5.04. The number of likely N-dealkylation sites (tertiary alicyclic amines) is 1. The van der Waals surface area contributed by atoms with Gasteiger partial charge in [-0.25, -0.2) is 5.48 Å². The number of hydrogen-bond donors (Lipinski definition) is 4. The molecule has 28 heavy (non-hydrogen) atoms. The Morgan fingerprint density at radius 1 is 1.11 bits per heavy atom. The van der Waals surface area contributed by atoms with Gasteiger partial charge in [-0.05, 0) is 29.2 Å². The van der Waals surface area contributed by atoms with Crippen LogP contribution in [0, 0.1) is 0 Å². The summed E-state index contributed by atoms with van der Waals surface area (Å²) in [5.41, 5.74) is 4.56. The molecule has 0 bridgehead atoms. The molecule has 1 aliphatic heterocycles. The number of carbonyl (C=O) groups is 2. The molecule has 0 spiro atoms. The predicted molar refractivity (Wildman–Crippen MR) is 103 cm³/mol. The predicted octanol–water partition coefficient (Wildman–Crippen LogP) is 1.36. The van der Waals surface area contributed by atoms with Gasteiger partial charge in [0.2, 0.25) is 0 Å². The van der Waals surface area contributed by atoms with Crippen LogP contribution in [0.5, 0.6) is 0 Å². The van der Waals surface area contributed by atoms with Crippen molar-refractivity contribution >= 4 is 11.8 Å². The molecule has 2 aromatic rings. The molecule has 1 heterocycles. The van der Waals surface area contributed by atoms with Gasteiger partial charge in [0.25, 0.3) is 11.8 Å². The van der Waals surface area contributed by atoms with Crippen molar-refractivity contribution in [3.63, 3.8) is 0 Å². The molecule has 0 unspecified atom stereocenters. The van der Waals surface area contributed by atoms with Crippen LogP contribution in [0.15, 0.2) is 48.5 Å². The maximum atomic E-state index is 13.2. The first-order valence-electron chi connectivity index (χ1n) is 9.27. The van der Waals surface area contributed by atoms with Gasteiger partial charge < -0.3 is 15.1 Å². The minimum absolute atomic E-state index is 0.206. The lowest BCUT2D eigenvalue weighted by Gasteiger charge is -2.25. The summed E-state index contributed by atoms with van der Waals surface area (Å²) in [4.78, 5) is 26.2. The van der Waals surface area contributed by atoms with E-state index in [2.05, 4.69) is 6.92 Å². The Hall–Kier alpha value is -2.74. The molecule has 7 heteroatoms. The Bertz CT molecular complexity index is 852. The number of hydroxylamine groups is 1. The number of aliphatic hydroxyl groups excluding tert-OH is 2. The number of aliphatic hydroxyl groups is 2. The first-order chi connectivity index (χ1) is 13.5. The average molecular weight is 384 g/mol. The zero-order chi connectivity index (χ0) is 20.3. The molecule has 0 aromatic heterocycles. The third kappa shape index (κ3) is 3.77. The minimum Gasteiger partial charge on any atom is -0.388 e. The SMILES string of the molecule is CCCc1ccc(-c2ccccc2C(=O)N2C[C@H](O)[C@H](O)[C@H]2C(=O)NO)cc1. The van der Waals surface area contributed by atoms with E-state index in [0.29, 0.717) is 11.1 Å². The van der Waals surface area contributed by atoms with Crippen LogP contribution < -0.4 is 5.48 Å². The van der Waals surface area contributed by atoms with Crippen LogP contribution in [0.3, 0.4) is 0 Å². The minimum atomic E-state index is -1.48. The Labute approximate surface area is 163 Å². The fourth-order valence-corrected chi connectivity index (χ4v) is 3.61. The number of β-amino-alcohol motifs (C(OH)–C–C–N with tert-alkyl or cyclic N) is 1. The van der Waals surface area contributed by atoms with Gasteiger partial charge >= 0.3 is 0 Å². The van der Waals surface area contributed by atoms with Crippen molar-refractivity contribution in [3.8, 4) is 11.1 Å². The molecule has 0 saturated carbocycles. The number of carbonyl (C=O) groups excluding carboxylic acids is 2. The van der Waals surface area contributed by atoms with E-state index >= 15 is 0 Å². The van der Waals surface area contributed by atoms with Gasteiger partial charge in [0, 0.05) is 5.56 Å². The van der Waals surface area contributed by atoms with Crippen LogP contribution in [-0.2, 0) is 11.2 Å². The first-order valence-corrected chi connectivity index (χ1v) is 9.27. The summed E-state index contributed by atoms with van der Waals surface area (Å²) in [5, 5.41) is 29.0. The van der Waals surface area contributed by atoms with Crippen LogP contribution in [0.2, 0.25) is 0 Å². The summed E-state index contributed by atoms with van der Waals surface area (Å²) in [7, 11) is 0. The van der Waals surface area contributed by atoms with Crippen LogP contribution in [0.1, 0.15) is 29.3 Å². The second-order valence-electron chi connectivity index (χ2n) is 6.93. The van der Waals surface area contributed by atoms with Gasteiger partial charge in [-0.15, -0.1) is 0 Å². The van der Waals surface area contributed by atoms with Crippen molar-refractivity contribution in [2.45, 2.75) is 38.0 Å². The molecular formula is C21H24N2O5. The number of aryl methyl sites for hydroxylation is 1. The molecular weight excluding hydrogens is 360 g/mol. The fraction of sp³-hybridized carbons (Fsp3) is 0.333. The summed E-state index contributed by atoms with van der Waals surface area (Å²) in [5.74, 6) is -1.45. The van der Waals surface area contributed by atoms with Gasteiger partial charge in [0.05, 0.1) is 6.54 Å². The number of hydrogen-bond acceptors (Lipinski definition) is 5. The van der Waals surface area contributed by atoms with E-state index in [0.717, 1.165) is 23.3 Å². The number of benzene rings is 2. The lowest BCUT2D eigenvalue weighted by atomic mass is 9.97. The van der Waals surface area contributed by atoms with Crippen molar-refractivity contribution in [1.82, 2.24) is 10.4 Å². The molecule has 2 amide bonds. The Morgan fingerprint density at radius 2 is 1.79 bits per heavy atom. The topological polar surface area (TPSA) is 110 Å². The molecule has 3 rings (SSSR count). The molecule has 2 aromatic carbocycles. The van der Waals surface area contributed by atoms with E-state index in [4.69, 9.17) is 5.21 Å². The van der Waals surface area contributed by atoms with E-state index < -0.39 is 30.1 Å². The van der Waals surface area contributed by atoms with Crippen LogP contribution in [0.4, 0.5) is 0 Å².